The summed E-state index contributed by atoms with van der Waals surface area (Å²) >= 11 is 11.4. The minimum absolute atomic E-state index is 0.174. The Morgan fingerprint density at radius 3 is 2.38 bits per heavy atom. The van der Waals surface area contributed by atoms with E-state index in [0.717, 1.165) is 27.1 Å². The Balaban J connectivity index is 1.51. The molecule has 4 rings (SSSR count). The standard InChI is InChI=1S/C26H22BrIN2O3S/c1-3-32-21-11-9-20(10-12-21)30-25(31)23(29(2)26(30)34)15-18-6-13-24(22(27)14-18)33-16-17-4-7-19(28)8-5-17/h4-15H,3,16H2,1-2H3/b23-15-. The summed E-state index contributed by atoms with van der Waals surface area (Å²) in [5.41, 5.74) is 3.16. The van der Waals surface area contributed by atoms with Crippen molar-refractivity contribution in [1.29, 1.82) is 0 Å². The van der Waals surface area contributed by atoms with Gasteiger partial charge >= 0.3 is 0 Å². The van der Waals surface area contributed by atoms with Crippen molar-refractivity contribution in [1.82, 2.24) is 4.90 Å². The minimum atomic E-state index is -0.174. The first-order valence-corrected chi connectivity index (χ1v) is 12.9. The number of hydrogen-bond donors (Lipinski definition) is 0. The van der Waals surface area contributed by atoms with Crippen LogP contribution in [0.25, 0.3) is 6.08 Å². The maximum absolute atomic E-state index is 13.2. The summed E-state index contributed by atoms with van der Waals surface area (Å²) < 4.78 is 13.5. The quantitative estimate of drug-likeness (QED) is 0.163. The molecule has 0 N–H and O–H groups in total. The number of hydrogen-bond acceptors (Lipinski definition) is 4. The minimum Gasteiger partial charge on any atom is -0.494 e. The molecule has 0 saturated carbocycles. The molecule has 0 spiro atoms. The van der Waals surface area contributed by atoms with Gasteiger partial charge < -0.3 is 14.4 Å². The lowest BCUT2D eigenvalue weighted by Crippen LogP contribution is -2.31. The van der Waals surface area contributed by atoms with Gasteiger partial charge in [-0.05, 0) is 123 Å². The van der Waals surface area contributed by atoms with E-state index in [4.69, 9.17) is 21.7 Å². The first-order chi connectivity index (χ1) is 16.4. The number of nitrogens with zero attached hydrogens (tertiary/aromatic N) is 2. The van der Waals surface area contributed by atoms with Crippen LogP contribution in [0, 0.1) is 3.57 Å². The maximum atomic E-state index is 13.2. The maximum Gasteiger partial charge on any atom is 0.281 e. The first-order valence-electron chi connectivity index (χ1n) is 10.6. The molecule has 0 radical (unpaired) electrons. The van der Waals surface area contributed by atoms with Gasteiger partial charge in [0.1, 0.15) is 23.8 Å². The van der Waals surface area contributed by atoms with E-state index in [0.29, 0.717) is 29.7 Å². The monoisotopic (exact) mass is 648 g/mol. The van der Waals surface area contributed by atoms with Crippen molar-refractivity contribution >= 4 is 73.5 Å². The van der Waals surface area contributed by atoms with Gasteiger partial charge in [-0.1, -0.05) is 18.2 Å². The van der Waals surface area contributed by atoms with Crippen LogP contribution < -0.4 is 14.4 Å². The summed E-state index contributed by atoms with van der Waals surface area (Å²) in [4.78, 5) is 16.5. The van der Waals surface area contributed by atoms with Crippen LogP contribution >= 0.6 is 50.7 Å². The molecule has 0 aromatic heterocycles. The van der Waals surface area contributed by atoms with Crippen LogP contribution in [-0.2, 0) is 11.4 Å². The number of likely N-dealkylation sites (N-methyl/N-ethyl adjacent to an activating group) is 1. The van der Waals surface area contributed by atoms with Gasteiger partial charge in [0.25, 0.3) is 5.91 Å². The zero-order valence-electron chi connectivity index (χ0n) is 18.6. The average Bonchev–Trinajstić information content (AvgIpc) is 3.03. The fourth-order valence-electron chi connectivity index (χ4n) is 3.47. The van der Waals surface area contributed by atoms with Crippen molar-refractivity contribution in [3.63, 3.8) is 0 Å². The summed E-state index contributed by atoms with van der Waals surface area (Å²) in [6, 6.07) is 21.3. The predicted octanol–water partition coefficient (Wildman–Crippen LogP) is 6.64. The molecule has 1 saturated heterocycles. The molecule has 3 aromatic carbocycles. The van der Waals surface area contributed by atoms with Crippen molar-refractivity contribution < 1.29 is 14.3 Å². The van der Waals surface area contributed by atoms with E-state index in [1.807, 2.05) is 55.5 Å². The third-order valence-corrected chi connectivity index (χ3v) is 7.03. The van der Waals surface area contributed by atoms with E-state index < -0.39 is 0 Å². The second-order valence-electron chi connectivity index (χ2n) is 7.54. The van der Waals surface area contributed by atoms with Crippen molar-refractivity contribution in [2.45, 2.75) is 13.5 Å². The highest BCUT2D eigenvalue weighted by atomic mass is 127. The van der Waals surface area contributed by atoms with Crippen LogP contribution in [0.3, 0.4) is 0 Å². The second-order valence-corrected chi connectivity index (χ2v) is 10.0. The third-order valence-electron chi connectivity index (χ3n) is 5.23. The Morgan fingerprint density at radius 1 is 1.03 bits per heavy atom. The Morgan fingerprint density at radius 2 is 1.74 bits per heavy atom. The number of benzene rings is 3. The van der Waals surface area contributed by atoms with E-state index in [1.54, 1.807) is 11.9 Å². The number of halogens is 2. The van der Waals surface area contributed by atoms with Gasteiger partial charge in [-0.25, -0.2) is 0 Å². The van der Waals surface area contributed by atoms with Crippen LogP contribution in [0.4, 0.5) is 5.69 Å². The highest BCUT2D eigenvalue weighted by molar-refractivity contribution is 14.1. The number of ether oxygens (including phenoxy) is 2. The van der Waals surface area contributed by atoms with E-state index in [1.165, 1.54) is 8.47 Å². The lowest BCUT2D eigenvalue weighted by atomic mass is 10.1. The van der Waals surface area contributed by atoms with Gasteiger partial charge in [0.15, 0.2) is 5.11 Å². The van der Waals surface area contributed by atoms with Crippen molar-refractivity contribution in [3.8, 4) is 11.5 Å². The van der Waals surface area contributed by atoms with E-state index in [-0.39, 0.29) is 5.91 Å². The van der Waals surface area contributed by atoms with E-state index in [9.17, 15) is 4.79 Å². The van der Waals surface area contributed by atoms with Gasteiger partial charge in [0.05, 0.1) is 16.8 Å². The smallest absolute Gasteiger partial charge is 0.281 e. The molecular formula is C26H22BrIN2O3S. The fourth-order valence-corrected chi connectivity index (χ4v) is 4.62. The molecule has 1 aliphatic rings. The SMILES string of the molecule is CCOc1ccc(N2C(=O)/C(=C/c3ccc(OCc4ccc(I)cc4)c(Br)c3)N(C)C2=S)cc1. The summed E-state index contributed by atoms with van der Waals surface area (Å²) in [7, 11) is 1.80. The summed E-state index contributed by atoms with van der Waals surface area (Å²) in [5, 5.41) is 0.428. The van der Waals surface area contributed by atoms with E-state index in [2.05, 4.69) is 62.8 Å². The topological polar surface area (TPSA) is 42.0 Å². The predicted molar refractivity (Wildman–Crippen MR) is 151 cm³/mol. The molecule has 1 aliphatic heterocycles. The number of carbonyl (C=O) groups excluding carboxylic acids is 1. The molecule has 5 nitrogen and oxygen atoms in total. The molecule has 0 aliphatic carbocycles. The molecule has 0 atom stereocenters. The molecule has 3 aromatic rings. The number of carbonyl (C=O) groups is 1. The number of amides is 1. The van der Waals surface area contributed by atoms with Crippen LogP contribution in [0.2, 0.25) is 0 Å². The Kier molecular flexibility index (Phi) is 7.90. The average molecular weight is 649 g/mol. The normalized spacial score (nSPS) is 14.8. The van der Waals surface area contributed by atoms with Crippen LogP contribution in [-0.4, -0.2) is 29.6 Å². The molecule has 34 heavy (non-hydrogen) atoms. The van der Waals surface area contributed by atoms with Crippen molar-refractivity contribution in [2.24, 2.45) is 0 Å². The highest BCUT2D eigenvalue weighted by Crippen LogP contribution is 2.31. The summed E-state index contributed by atoms with van der Waals surface area (Å²) in [5.74, 6) is 1.31. The Labute approximate surface area is 226 Å². The lowest BCUT2D eigenvalue weighted by Gasteiger charge is -2.16. The zero-order valence-corrected chi connectivity index (χ0v) is 23.2. The number of rotatable bonds is 7. The molecule has 8 heteroatoms. The Bertz CT molecular complexity index is 1250. The Hall–Kier alpha value is -2.43. The third kappa shape index (κ3) is 5.45. The molecule has 174 valence electrons. The van der Waals surface area contributed by atoms with Gasteiger partial charge in [-0.3, -0.25) is 9.69 Å². The van der Waals surface area contributed by atoms with Crippen molar-refractivity contribution in [2.75, 3.05) is 18.6 Å². The fraction of sp³-hybridized carbons (Fsp3) is 0.154. The van der Waals surface area contributed by atoms with Gasteiger partial charge in [0.2, 0.25) is 0 Å². The number of anilines is 1. The van der Waals surface area contributed by atoms with Crippen LogP contribution in [0.1, 0.15) is 18.1 Å². The van der Waals surface area contributed by atoms with Gasteiger partial charge in [-0.2, -0.15) is 0 Å². The lowest BCUT2D eigenvalue weighted by molar-refractivity contribution is -0.114. The first kappa shape index (κ1) is 24.7. The molecule has 0 bridgehead atoms. The van der Waals surface area contributed by atoms with Gasteiger partial charge in [-0.15, -0.1) is 0 Å². The van der Waals surface area contributed by atoms with Gasteiger partial charge in [0, 0.05) is 10.6 Å². The van der Waals surface area contributed by atoms with E-state index >= 15 is 0 Å². The van der Waals surface area contributed by atoms with Crippen LogP contribution in [0.5, 0.6) is 11.5 Å². The molecule has 1 amide bonds. The van der Waals surface area contributed by atoms with Crippen LogP contribution in [0.15, 0.2) is 76.9 Å². The zero-order chi connectivity index (χ0) is 24.2. The molecule has 0 unspecified atom stereocenters. The highest BCUT2D eigenvalue weighted by Gasteiger charge is 2.36. The summed E-state index contributed by atoms with van der Waals surface area (Å²) in [6.45, 7) is 2.99. The largest absolute Gasteiger partial charge is 0.494 e. The molecule has 1 fully saturated rings. The summed E-state index contributed by atoms with van der Waals surface area (Å²) in [6.07, 6.45) is 1.83. The molecule has 1 heterocycles. The number of thiocarbonyl (C=S) groups is 1. The molecular weight excluding hydrogens is 627 g/mol. The second kappa shape index (κ2) is 10.9. The van der Waals surface area contributed by atoms with Crippen molar-refractivity contribution in [3.05, 3.63) is 91.6 Å².